The lowest BCUT2D eigenvalue weighted by atomic mass is 10.2. The summed E-state index contributed by atoms with van der Waals surface area (Å²) in [6, 6.07) is 2.63. The van der Waals surface area contributed by atoms with Gasteiger partial charge in [-0.1, -0.05) is 23.2 Å². The number of aldehydes is 1. The van der Waals surface area contributed by atoms with Crippen LogP contribution in [0.5, 0.6) is 0 Å². The van der Waals surface area contributed by atoms with Gasteiger partial charge in [-0.3, -0.25) is 14.4 Å². The maximum atomic E-state index is 11.5. The lowest BCUT2D eigenvalue weighted by Crippen LogP contribution is -2.34. The van der Waals surface area contributed by atoms with Crippen molar-refractivity contribution in [1.29, 1.82) is 0 Å². The third kappa shape index (κ3) is 3.21. The highest BCUT2D eigenvalue weighted by Gasteiger charge is 2.18. The average Bonchev–Trinajstić information content (AvgIpc) is 2.32. The van der Waals surface area contributed by atoms with E-state index in [0.717, 1.165) is 4.90 Å². The van der Waals surface area contributed by atoms with Crippen molar-refractivity contribution in [2.75, 3.05) is 19.4 Å². The number of carbonyl (C=O) groups excluding carboxylic acids is 3. The number of carbonyl (C=O) groups is 3. The predicted octanol–water partition coefficient (Wildman–Crippen LogP) is 1.83. The molecule has 7 heteroatoms. The second-order valence-corrected chi connectivity index (χ2v) is 4.44. The molecule has 0 unspecified atom stereocenters. The summed E-state index contributed by atoms with van der Waals surface area (Å²) in [6.45, 7) is 0. The smallest absolute Gasteiger partial charge is 0.313 e. The minimum absolute atomic E-state index is 0.139. The molecule has 0 saturated heterocycles. The molecule has 0 aromatic heterocycles. The molecule has 2 amide bonds. The fraction of sp³-hybridized carbons (Fsp3) is 0.182. The van der Waals surface area contributed by atoms with Crippen LogP contribution in [0.3, 0.4) is 0 Å². The first-order chi connectivity index (χ1) is 8.36. The summed E-state index contributed by atoms with van der Waals surface area (Å²) in [5.41, 5.74) is 0.281. The number of rotatable bonds is 2. The van der Waals surface area contributed by atoms with E-state index in [2.05, 4.69) is 5.32 Å². The molecule has 1 aromatic carbocycles. The van der Waals surface area contributed by atoms with Crippen molar-refractivity contribution in [3.8, 4) is 0 Å². The van der Waals surface area contributed by atoms with Crippen LogP contribution in [0.2, 0.25) is 10.0 Å². The summed E-state index contributed by atoms with van der Waals surface area (Å²) in [5.74, 6) is -1.60. The zero-order valence-corrected chi connectivity index (χ0v) is 11.2. The van der Waals surface area contributed by atoms with E-state index in [1.807, 2.05) is 0 Å². The van der Waals surface area contributed by atoms with E-state index < -0.39 is 11.8 Å². The normalized spacial score (nSPS) is 9.78. The van der Waals surface area contributed by atoms with Crippen molar-refractivity contribution in [2.24, 2.45) is 0 Å². The molecule has 0 atom stereocenters. The van der Waals surface area contributed by atoms with Crippen LogP contribution in [0, 0.1) is 0 Å². The Morgan fingerprint density at radius 1 is 1.22 bits per heavy atom. The number of nitrogens with one attached hydrogen (secondary N) is 1. The molecule has 0 heterocycles. The van der Waals surface area contributed by atoms with Crippen LogP contribution in [0.1, 0.15) is 10.4 Å². The van der Waals surface area contributed by atoms with Gasteiger partial charge in [-0.25, -0.2) is 0 Å². The van der Waals surface area contributed by atoms with Gasteiger partial charge >= 0.3 is 11.8 Å². The summed E-state index contributed by atoms with van der Waals surface area (Å²) in [5, 5.41) is 2.67. The summed E-state index contributed by atoms with van der Waals surface area (Å²) < 4.78 is 0. The maximum absolute atomic E-state index is 11.5. The number of nitrogens with zero attached hydrogens (tertiary/aromatic N) is 1. The number of likely N-dealkylation sites (N-methyl/N-ethyl adjacent to an activating group) is 1. The first kappa shape index (κ1) is 14.5. The van der Waals surface area contributed by atoms with Crippen LogP contribution in [0.4, 0.5) is 5.69 Å². The van der Waals surface area contributed by atoms with Gasteiger partial charge in [0.25, 0.3) is 0 Å². The second-order valence-electron chi connectivity index (χ2n) is 3.63. The molecule has 0 saturated carbocycles. The number of hydrogen-bond donors (Lipinski definition) is 1. The van der Waals surface area contributed by atoms with E-state index in [1.165, 1.54) is 26.2 Å². The van der Waals surface area contributed by atoms with E-state index >= 15 is 0 Å². The Bertz CT molecular complexity index is 515. The zero-order chi connectivity index (χ0) is 13.9. The summed E-state index contributed by atoms with van der Waals surface area (Å²) in [7, 11) is 2.88. The van der Waals surface area contributed by atoms with Crippen molar-refractivity contribution in [1.82, 2.24) is 4.90 Å². The summed E-state index contributed by atoms with van der Waals surface area (Å²) in [4.78, 5) is 34.8. The topological polar surface area (TPSA) is 66.5 Å². The highest BCUT2D eigenvalue weighted by molar-refractivity contribution is 6.43. The van der Waals surface area contributed by atoms with E-state index in [9.17, 15) is 14.4 Å². The van der Waals surface area contributed by atoms with Crippen LogP contribution < -0.4 is 5.32 Å². The maximum Gasteiger partial charge on any atom is 0.313 e. The molecular formula is C11H10Cl2N2O3. The molecule has 0 aliphatic carbocycles. The van der Waals surface area contributed by atoms with Crippen LogP contribution in [-0.2, 0) is 9.59 Å². The fourth-order valence-electron chi connectivity index (χ4n) is 1.15. The molecule has 0 aliphatic heterocycles. The first-order valence-corrected chi connectivity index (χ1v) is 5.59. The molecule has 1 N–H and O–H groups in total. The van der Waals surface area contributed by atoms with Crippen LogP contribution in [-0.4, -0.2) is 37.1 Å². The average molecular weight is 289 g/mol. The van der Waals surface area contributed by atoms with Gasteiger partial charge < -0.3 is 10.2 Å². The lowest BCUT2D eigenvalue weighted by Gasteiger charge is -2.12. The Labute approximate surface area is 114 Å². The molecule has 96 valence electrons. The highest BCUT2D eigenvalue weighted by Crippen LogP contribution is 2.28. The van der Waals surface area contributed by atoms with Crippen molar-refractivity contribution in [2.45, 2.75) is 0 Å². The van der Waals surface area contributed by atoms with Crippen LogP contribution >= 0.6 is 23.2 Å². The number of benzene rings is 1. The Hall–Kier alpha value is -1.59. The number of halogens is 2. The van der Waals surface area contributed by atoms with Gasteiger partial charge in [-0.15, -0.1) is 0 Å². The van der Waals surface area contributed by atoms with Gasteiger partial charge in [0.05, 0.1) is 15.7 Å². The standard InChI is InChI=1S/C11H10Cl2N2O3/c1-15(2)11(18)10(17)14-9-4-8(13)7(12)3-6(9)5-16/h3-5H,1-2H3,(H,14,17). The largest absolute Gasteiger partial charge is 0.341 e. The van der Waals surface area contributed by atoms with Gasteiger partial charge in [-0.2, -0.15) is 0 Å². The molecular weight excluding hydrogens is 279 g/mol. The fourth-order valence-corrected chi connectivity index (χ4v) is 1.48. The summed E-state index contributed by atoms with van der Waals surface area (Å²) in [6.07, 6.45) is 0.512. The van der Waals surface area contributed by atoms with E-state index in [0.29, 0.717) is 6.29 Å². The molecule has 1 aromatic rings. The predicted molar refractivity (Wildman–Crippen MR) is 69.2 cm³/mol. The minimum Gasteiger partial charge on any atom is -0.341 e. The van der Waals surface area contributed by atoms with Gasteiger partial charge in [0, 0.05) is 19.7 Å². The van der Waals surface area contributed by atoms with Crippen molar-refractivity contribution < 1.29 is 14.4 Å². The Morgan fingerprint density at radius 2 is 1.78 bits per heavy atom. The van der Waals surface area contributed by atoms with Crippen molar-refractivity contribution >= 4 is 47.0 Å². The van der Waals surface area contributed by atoms with Crippen LogP contribution in [0.25, 0.3) is 0 Å². The van der Waals surface area contributed by atoms with E-state index in [-0.39, 0.29) is 21.3 Å². The highest BCUT2D eigenvalue weighted by atomic mass is 35.5. The monoisotopic (exact) mass is 288 g/mol. The third-order valence-electron chi connectivity index (χ3n) is 2.07. The number of hydrogen-bond acceptors (Lipinski definition) is 3. The molecule has 5 nitrogen and oxygen atoms in total. The first-order valence-electron chi connectivity index (χ1n) is 4.83. The van der Waals surface area contributed by atoms with Gasteiger partial charge in [0.2, 0.25) is 0 Å². The molecule has 0 fully saturated rings. The molecule has 0 bridgehead atoms. The molecule has 0 aliphatic rings. The van der Waals surface area contributed by atoms with Crippen molar-refractivity contribution in [3.63, 3.8) is 0 Å². The Kier molecular flexibility index (Phi) is 4.69. The summed E-state index contributed by atoms with van der Waals surface area (Å²) >= 11 is 11.5. The van der Waals surface area contributed by atoms with Crippen molar-refractivity contribution in [3.05, 3.63) is 27.7 Å². The van der Waals surface area contributed by atoms with E-state index in [1.54, 1.807) is 0 Å². The SMILES string of the molecule is CN(C)C(=O)C(=O)Nc1cc(Cl)c(Cl)cc1C=O. The molecule has 0 radical (unpaired) electrons. The second kappa shape index (κ2) is 5.84. The minimum atomic E-state index is -0.860. The molecule has 18 heavy (non-hydrogen) atoms. The Morgan fingerprint density at radius 3 is 2.28 bits per heavy atom. The molecule has 1 rings (SSSR count). The van der Waals surface area contributed by atoms with Crippen LogP contribution in [0.15, 0.2) is 12.1 Å². The third-order valence-corrected chi connectivity index (χ3v) is 2.79. The lowest BCUT2D eigenvalue weighted by molar-refractivity contribution is -0.141. The van der Waals surface area contributed by atoms with E-state index in [4.69, 9.17) is 23.2 Å². The number of anilines is 1. The van der Waals surface area contributed by atoms with Gasteiger partial charge in [-0.05, 0) is 12.1 Å². The quantitative estimate of drug-likeness (QED) is 0.667. The van der Waals surface area contributed by atoms with Gasteiger partial charge in [0.1, 0.15) is 0 Å². The number of amides is 2. The molecule has 0 spiro atoms. The zero-order valence-electron chi connectivity index (χ0n) is 9.66. The Balaban J connectivity index is 3.04. The van der Waals surface area contributed by atoms with Gasteiger partial charge in [0.15, 0.2) is 6.29 Å².